The Morgan fingerprint density at radius 2 is 2.06 bits per heavy atom. The van der Waals surface area contributed by atoms with E-state index < -0.39 is 0 Å². The summed E-state index contributed by atoms with van der Waals surface area (Å²) in [5, 5.41) is 0. The Labute approximate surface area is 119 Å². The largest absolute Gasteiger partial charge is 0.356 e. The number of carbonyl (C=O) groups is 2. The molecule has 18 heavy (non-hydrogen) atoms. The van der Waals surface area contributed by atoms with Crippen LogP contribution in [-0.2, 0) is 4.79 Å². The van der Waals surface area contributed by atoms with Crippen molar-refractivity contribution in [2.45, 2.75) is 25.5 Å². The van der Waals surface area contributed by atoms with Crippen LogP contribution in [0.1, 0.15) is 31.3 Å². The Morgan fingerprint density at radius 3 is 2.56 bits per heavy atom. The van der Waals surface area contributed by atoms with Crippen molar-refractivity contribution < 1.29 is 9.59 Å². The quantitative estimate of drug-likeness (QED) is 0.741. The van der Waals surface area contributed by atoms with Crippen LogP contribution in [0.3, 0.4) is 0 Å². The number of amides is 2. The van der Waals surface area contributed by atoms with Crippen LogP contribution < -0.4 is 10.9 Å². The maximum Gasteiger partial charge on any atom is 0.286 e. The second-order valence-corrected chi connectivity index (χ2v) is 7.35. The molecule has 0 bridgehead atoms. The van der Waals surface area contributed by atoms with Crippen LogP contribution in [0, 0.1) is 0 Å². The van der Waals surface area contributed by atoms with E-state index >= 15 is 0 Å². The number of halogens is 1. The number of nitrogens with one attached hydrogen (secondary N) is 3. The summed E-state index contributed by atoms with van der Waals surface area (Å²) in [7, 11) is 0. The molecule has 0 aliphatic rings. The number of hydrazine groups is 1. The molecule has 0 saturated carbocycles. The van der Waals surface area contributed by atoms with Crippen molar-refractivity contribution in [3.05, 3.63) is 22.4 Å². The molecule has 0 aliphatic carbocycles. The van der Waals surface area contributed by atoms with Crippen molar-refractivity contribution >= 4 is 39.5 Å². The lowest BCUT2D eigenvalue weighted by atomic mass is 10.3. The highest BCUT2D eigenvalue weighted by molar-refractivity contribution is 9.10. The maximum atomic E-state index is 11.6. The lowest BCUT2D eigenvalue weighted by Crippen LogP contribution is -2.43. The maximum absolute atomic E-state index is 11.6. The lowest BCUT2D eigenvalue weighted by molar-refractivity contribution is -0.119. The molecule has 1 aromatic rings. The first kappa shape index (κ1) is 15.1. The first-order valence-electron chi connectivity index (χ1n) is 5.35. The van der Waals surface area contributed by atoms with E-state index in [1.165, 1.54) is 11.8 Å². The number of H-pyrrole nitrogens is 1. The minimum absolute atomic E-state index is 0.0195. The van der Waals surface area contributed by atoms with Crippen LogP contribution in [0.4, 0.5) is 0 Å². The highest BCUT2D eigenvalue weighted by Crippen LogP contribution is 2.22. The van der Waals surface area contributed by atoms with Crippen molar-refractivity contribution in [2.75, 3.05) is 5.75 Å². The SMILES string of the molecule is CC(C)(C)SCC(=O)NNC(=O)c1cc(Br)c[nH]1. The molecule has 100 valence electrons. The van der Waals surface area contributed by atoms with E-state index in [1.54, 1.807) is 12.3 Å². The van der Waals surface area contributed by atoms with Crippen molar-refractivity contribution in [3.63, 3.8) is 0 Å². The Hall–Kier alpha value is -0.950. The van der Waals surface area contributed by atoms with E-state index in [4.69, 9.17) is 0 Å². The molecular weight excluding hydrogens is 318 g/mol. The number of rotatable bonds is 3. The molecule has 0 aliphatic heterocycles. The molecule has 5 nitrogen and oxygen atoms in total. The van der Waals surface area contributed by atoms with Crippen LogP contribution >= 0.6 is 27.7 Å². The van der Waals surface area contributed by atoms with Crippen molar-refractivity contribution in [2.24, 2.45) is 0 Å². The fraction of sp³-hybridized carbons (Fsp3) is 0.455. The van der Waals surface area contributed by atoms with Crippen LogP contribution in [0.5, 0.6) is 0 Å². The molecular formula is C11H16BrN3O2S. The van der Waals surface area contributed by atoms with Crippen LogP contribution in [0.2, 0.25) is 0 Å². The standard InChI is InChI=1S/C11H16BrN3O2S/c1-11(2,3)18-6-9(16)14-15-10(17)8-4-7(12)5-13-8/h4-5,13H,6H2,1-3H3,(H,14,16)(H,15,17). The average molecular weight is 334 g/mol. The average Bonchev–Trinajstić information content (AvgIpc) is 2.69. The fourth-order valence-electron chi connectivity index (χ4n) is 1.01. The summed E-state index contributed by atoms with van der Waals surface area (Å²) in [6.45, 7) is 6.08. The third-order valence-corrected chi connectivity index (χ3v) is 3.57. The monoisotopic (exact) mass is 333 g/mol. The number of aromatic nitrogens is 1. The summed E-state index contributed by atoms with van der Waals surface area (Å²) >= 11 is 4.74. The summed E-state index contributed by atoms with van der Waals surface area (Å²) in [5.41, 5.74) is 5.09. The number of aromatic amines is 1. The molecule has 0 spiro atoms. The van der Waals surface area contributed by atoms with E-state index in [2.05, 4.69) is 31.8 Å². The van der Waals surface area contributed by atoms with Gasteiger partial charge in [0.15, 0.2) is 0 Å². The van der Waals surface area contributed by atoms with Gasteiger partial charge in [-0.2, -0.15) is 0 Å². The smallest absolute Gasteiger partial charge is 0.286 e. The molecule has 1 aromatic heterocycles. The Morgan fingerprint density at radius 1 is 1.39 bits per heavy atom. The highest BCUT2D eigenvalue weighted by Gasteiger charge is 2.14. The molecule has 0 unspecified atom stereocenters. The van der Waals surface area contributed by atoms with Crippen molar-refractivity contribution in [1.29, 1.82) is 0 Å². The first-order valence-corrected chi connectivity index (χ1v) is 7.13. The number of carbonyl (C=O) groups excluding carboxylic acids is 2. The number of hydrogen-bond acceptors (Lipinski definition) is 3. The zero-order valence-corrected chi connectivity index (χ0v) is 12.9. The Bertz CT molecular complexity index is 440. The Balaban J connectivity index is 2.33. The fourth-order valence-corrected chi connectivity index (χ4v) is 1.99. The van der Waals surface area contributed by atoms with Gasteiger partial charge in [-0.1, -0.05) is 20.8 Å². The molecule has 0 aromatic carbocycles. The molecule has 1 rings (SSSR count). The highest BCUT2D eigenvalue weighted by atomic mass is 79.9. The molecule has 0 atom stereocenters. The van der Waals surface area contributed by atoms with Crippen LogP contribution in [-0.4, -0.2) is 27.3 Å². The van der Waals surface area contributed by atoms with Gasteiger partial charge in [0.2, 0.25) is 5.91 Å². The topological polar surface area (TPSA) is 74.0 Å². The summed E-state index contributed by atoms with van der Waals surface area (Å²) in [5.74, 6) is -0.304. The van der Waals surface area contributed by atoms with Gasteiger partial charge in [0.1, 0.15) is 5.69 Å². The van der Waals surface area contributed by atoms with Crippen molar-refractivity contribution in [3.8, 4) is 0 Å². The lowest BCUT2D eigenvalue weighted by Gasteiger charge is -2.16. The minimum Gasteiger partial charge on any atom is -0.356 e. The molecule has 1 heterocycles. The van der Waals surface area contributed by atoms with E-state index in [1.807, 2.05) is 20.8 Å². The Kier molecular flexibility index (Phi) is 5.28. The van der Waals surface area contributed by atoms with Gasteiger partial charge >= 0.3 is 0 Å². The van der Waals surface area contributed by atoms with Gasteiger partial charge < -0.3 is 4.98 Å². The zero-order valence-electron chi connectivity index (χ0n) is 10.5. The van der Waals surface area contributed by atoms with Gasteiger partial charge in [0.25, 0.3) is 5.91 Å². The van der Waals surface area contributed by atoms with Crippen molar-refractivity contribution in [1.82, 2.24) is 15.8 Å². The van der Waals surface area contributed by atoms with E-state index in [0.29, 0.717) is 11.4 Å². The summed E-state index contributed by atoms with van der Waals surface area (Å²) in [6.07, 6.45) is 1.65. The van der Waals surface area contributed by atoms with Gasteiger partial charge in [0.05, 0.1) is 5.75 Å². The van der Waals surface area contributed by atoms with E-state index in [0.717, 1.165) is 4.47 Å². The minimum atomic E-state index is -0.380. The van der Waals surface area contributed by atoms with Gasteiger partial charge in [-0.15, -0.1) is 11.8 Å². The summed E-state index contributed by atoms with van der Waals surface area (Å²) in [6, 6.07) is 1.63. The van der Waals surface area contributed by atoms with Gasteiger partial charge in [-0.05, 0) is 22.0 Å². The second kappa shape index (κ2) is 6.29. The molecule has 0 fully saturated rings. The zero-order chi connectivity index (χ0) is 13.8. The van der Waals surface area contributed by atoms with Crippen LogP contribution in [0.25, 0.3) is 0 Å². The predicted molar refractivity (Wildman–Crippen MR) is 76.3 cm³/mol. The molecule has 3 N–H and O–H groups in total. The van der Waals surface area contributed by atoms with E-state index in [-0.39, 0.29) is 16.6 Å². The second-order valence-electron chi connectivity index (χ2n) is 4.63. The van der Waals surface area contributed by atoms with Crippen LogP contribution in [0.15, 0.2) is 16.7 Å². The van der Waals surface area contributed by atoms with E-state index in [9.17, 15) is 9.59 Å². The summed E-state index contributed by atoms with van der Waals surface area (Å²) < 4.78 is 0.799. The predicted octanol–water partition coefficient (Wildman–Crippen LogP) is 2.07. The molecule has 0 saturated heterocycles. The molecule has 2 amide bonds. The van der Waals surface area contributed by atoms with Gasteiger partial charge in [-0.3, -0.25) is 20.4 Å². The summed E-state index contributed by atoms with van der Waals surface area (Å²) in [4.78, 5) is 25.8. The van der Waals surface area contributed by atoms with Gasteiger partial charge in [0, 0.05) is 15.4 Å². The third-order valence-electron chi connectivity index (χ3n) is 1.84. The first-order chi connectivity index (χ1) is 8.28. The normalized spacial score (nSPS) is 11.1. The number of hydrogen-bond donors (Lipinski definition) is 3. The molecule has 0 radical (unpaired) electrons. The molecule has 7 heteroatoms. The third kappa shape index (κ3) is 5.59. The van der Waals surface area contributed by atoms with Gasteiger partial charge in [-0.25, -0.2) is 0 Å². The number of thioether (sulfide) groups is 1.